The Bertz CT molecular complexity index is 301. The van der Waals surface area contributed by atoms with Gasteiger partial charge in [0.05, 0.1) is 0 Å². The van der Waals surface area contributed by atoms with E-state index in [1.54, 1.807) is 13.8 Å². The molecule has 0 aliphatic carbocycles. The number of carbonyl (C=O) groups is 3. The molecule has 1 aliphatic rings. The predicted octanol–water partition coefficient (Wildman–Crippen LogP) is -0.595. The van der Waals surface area contributed by atoms with Crippen LogP contribution in [0.3, 0.4) is 0 Å². The number of piperazine rings is 1. The number of amides is 4. The standard InChI is InChI=1S/C9H15N3O3/c1-6(2)10-9(15)12-5-4-11(3)7(13)8(12)14/h6H,4-5H2,1-3H3,(H,10,15). The molecule has 0 aromatic rings. The molecule has 0 atom stereocenters. The summed E-state index contributed by atoms with van der Waals surface area (Å²) in [5, 5.41) is 2.57. The molecule has 1 fully saturated rings. The highest BCUT2D eigenvalue weighted by Gasteiger charge is 2.34. The van der Waals surface area contributed by atoms with Crippen molar-refractivity contribution in [1.82, 2.24) is 15.1 Å². The van der Waals surface area contributed by atoms with Crippen LogP contribution in [-0.4, -0.2) is 53.8 Å². The molecule has 1 aliphatic heterocycles. The summed E-state index contributed by atoms with van der Waals surface area (Å²) in [7, 11) is 1.54. The van der Waals surface area contributed by atoms with Crippen molar-refractivity contribution < 1.29 is 14.4 Å². The highest BCUT2D eigenvalue weighted by atomic mass is 16.2. The fraction of sp³-hybridized carbons (Fsp3) is 0.667. The molecule has 1 saturated heterocycles. The Balaban J connectivity index is 2.68. The highest BCUT2D eigenvalue weighted by molar-refractivity contribution is 6.37. The van der Waals surface area contributed by atoms with Crippen LogP contribution in [0.15, 0.2) is 0 Å². The first-order valence-electron chi connectivity index (χ1n) is 4.81. The molecule has 0 spiro atoms. The molecule has 0 bridgehead atoms. The second kappa shape index (κ2) is 4.29. The van der Waals surface area contributed by atoms with E-state index >= 15 is 0 Å². The summed E-state index contributed by atoms with van der Waals surface area (Å²) in [6, 6.07) is -0.559. The summed E-state index contributed by atoms with van der Waals surface area (Å²) in [6.45, 7) is 4.22. The van der Waals surface area contributed by atoms with E-state index in [1.807, 2.05) is 0 Å². The molecule has 1 rings (SSSR count). The predicted molar refractivity (Wildman–Crippen MR) is 53.0 cm³/mol. The van der Waals surface area contributed by atoms with Gasteiger partial charge in [0.1, 0.15) is 0 Å². The largest absolute Gasteiger partial charge is 0.336 e. The lowest BCUT2D eigenvalue weighted by atomic mass is 10.3. The third kappa shape index (κ3) is 2.45. The van der Waals surface area contributed by atoms with E-state index in [2.05, 4.69) is 5.32 Å². The zero-order valence-corrected chi connectivity index (χ0v) is 9.11. The Hall–Kier alpha value is -1.59. The summed E-state index contributed by atoms with van der Waals surface area (Å²) in [5.74, 6) is -1.40. The number of urea groups is 1. The molecule has 1 heterocycles. The maximum Gasteiger partial charge on any atom is 0.324 e. The molecular formula is C9H15N3O3. The van der Waals surface area contributed by atoms with Crippen molar-refractivity contribution in [1.29, 1.82) is 0 Å². The SMILES string of the molecule is CC(C)NC(=O)N1CCN(C)C(=O)C1=O. The number of carbonyl (C=O) groups excluding carboxylic acids is 3. The first kappa shape index (κ1) is 11.5. The van der Waals surface area contributed by atoms with Gasteiger partial charge in [-0.2, -0.15) is 0 Å². The number of hydrogen-bond donors (Lipinski definition) is 1. The number of hydrogen-bond acceptors (Lipinski definition) is 3. The molecule has 15 heavy (non-hydrogen) atoms. The van der Waals surface area contributed by atoms with Gasteiger partial charge in [0, 0.05) is 26.2 Å². The van der Waals surface area contributed by atoms with E-state index in [9.17, 15) is 14.4 Å². The fourth-order valence-electron chi connectivity index (χ4n) is 1.25. The normalized spacial score (nSPS) is 17.3. The fourth-order valence-corrected chi connectivity index (χ4v) is 1.25. The zero-order chi connectivity index (χ0) is 11.6. The number of nitrogens with zero attached hydrogens (tertiary/aromatic N) is 2. The van der Waals surface area contributed by atoms with Gasteiger partial charge in [-0.3, -0.25) is 14.5 Å². The van der Waals surface area contributed by atoms with Gasteiger partial charge in [-0.25, -0.2) is 4.79 Å². The lowest BCUT2D eigenvalue weighted by molar-refractivity contribution is -0.152. The summed E-state index contributed by atoms with van der Waals surface area (Å²) >= 11 is 0. The minimum Gasteiger partial charge on any atom is -0.336 e. The second-order valence-electron chi connectivity index (χ2n) is 3.79. The topological polar surface area (TPSA) is 69.7 Å². The van der Waals surface area contributed by atoms with Crippen molar-refractivity contribution in [2.75, 3.05) is 20.1 Å². The van der Waals surface area contributed by atoms with Gasteiger partial charge in [-0.05, 0) is 13.8 Å². The molecule has 0 aromatic heterocycles. The minimum atomic E-state index is -0.762. The number of likely N-dealkylation sites (N-methyl/N-ethyl adjacent to an activating group) is 1. The van der Waals surface area contributed by atoms with Crippen LogP contribution >= 0.6 is 0 Å². The smallest absolute Gasteiger partial charge is 0.324 e. The molecule has 0 aromatic carbocycles. The Morgan fingerprint density at radius 1 is 1.27 bits per heavy atom. The van der Waals surface area contributed by atoms with Gasteiger partial charge in [-0.1, -0.05) is 0 Å². The molecule has 6 nitrogen and oxygen atoms in total. The quantitative estimate of drug-likeness (QED) is 0.592. The van der Waals surface area contributed by atoms with Crippen LogP contribution in [-0.2, 0) is 9.59 Å². The van der Waals surface area contributed by atoms with Gasteiger partial charge < -0.3 is 10.2 Å². The maximum atomic E-state index is 11.5. The van der Waals surface area contributed by atoms with Crippen LogP contribution in [0.2, 0.25) is 0 Å². The molecule has 6 heteroatoms. The van der Waals surface area contributed by atoms with E-state index in [-0.39, 0.29) is 12.6 Å². The first-order chi connectivity index (χ1) is 6.93. The Morgan fingerprint density at radius 3 is 2.40 bits per heavy atom. The first-order valence-corrected chi connectivity index (χ1v) is 4.81. The molecule has 0 saturated carbocycles. The number of rotatable bonds is 1. The van der Waals surface area contributed by atoms with Gasteiger partial charge in [0.2, 0.25) is 0 Å². The van der Waals surface area contributed by atoms with Crippen molar-refractivity contribution >= 4 is 17.8 Å². The van der Waals surface area contributed by atoms with Gasteiger partial charge in [0.25, 0.3) is 0 Å². The Morgan fingerprint density at radius 2 is 1.87 bits per heavy atom. The average Bonchev–Trinajstić information content (AvgIpc) is 2.13. The van der Waals surface area contributed by atoms with Crippen LogP contribution in [0.25, 0.3) is 0 Å². The van der Waals surface area contributed by atoms with Crippen molar-refractivity contribution in [3.05, 3.63) is 0 Å². The van der Waals surface area contributed by atoms with E-state index in [1.165, 1.54) is 11.9 Å². The van der Waals surface area contributed by atoms with Crippen molar-refractivity contribution in [3.8, 4) is 0 Å². The summed E-state index contributed by atoms with van der Waals surface area (Å²) in [4.78, 5) is 36.5. The lowest BCUT2D eigenvalue weighted by Gasteiger charge is -2.30. The minimum absolute atomic E-state index is 0.0555. The molecule has 4 amide bonds. The van der Waals surface area contributed by atoms with Gasteiger partial charge in [-0.15, -0.1) is 0 Å². The highest BCUT2D eigenvalue weighted by Crippen LogP contribution is 2.03. The van der Waals surface area contributed by atoms with E-state index in [0.717, 1.165) is 4.90 Å². The molecule has 0 unspecified atom stereocenters. The zero-order valence-electron chi connectivity index (χ0n) is 9.11. The van der Waals surface area contributed by atoms with Gasteiger partial charge in [0.15, 0.2) is 0 Å². The monoisotopic (exact) mass is 213 g/mol. The third-order valence-corrected chi connectivity index (χ3v) is 2.09. The van der Waals surface area contributed by atoms with Crippen LogP contribution < -0.4 is 5.32 Å². The second-order valence-corrected chi connectivity index (χ2v) is 3.79. The molecule has 1 N–H and O–H groups in total. The molecular weight excluding hydrogens is 198 g/mol. The number of nitrogens with one attached hydrogen (secondary N) is 1. The molecule has 84 valence electrons. The van der Waals surface area contributed by atoms with Gasteiger partial charge >= 0.3 is 17.8 Å². The Kier molecular flexibility index (Phi) is 3.28. The van der Waals surface area contributed by atoms with Crippen LogP contribution in [0, 0.1) is 0 Å². The van der Waals surface area contributed by atoms with E-state index < -0.39 is 17.8 Å². The van der Waals surface area contributed by atoms with Crippen LogP contribution in [0.1, 0.15) is 13.8 Å². The van der Waals surface area contributed by atoms with E-state index in [4.69, 9.17) is 0 Å². The maximum absolute atomic E-state index is 11.5. The van der Waals surface area contributed by atoms with E-state index in [0.29, 0.717) is 6.54 Å². The van der Waals surface area contributed by atoms with Crippen molar-refractivity contribution in [2.45, 2.75) is 19.9 Å². The summed E-state index contributed by atoms with van der Waals surface area (Å²) in [6.07, 6.45) is 0. The van der Waals surface area contributed by atoms with Crippen molar-refractivity contribution in [2.24, 2.45) is 0 Å². The molecule has 0 radical (unpaired) electrons. The summed E-state index contributed by atoms with van der Waals surface area (Å²) < 4.78 is 0. The average molecular weight is 213 g/mol. The van der Waals surface area contributed by atoms with Crippen LogP contribution in [0.4, 0.5) is 4.79 Å². The lowest BCUT2D eigenvalue weighted by Crippen LogP contribution is -2.57. The summed E-state index contributed by atoms with van der Waals surface area (Å²) in [5.41, 5.74) is 0. The third-order valence-electron chi connectivity index (χ3n) is 2.09. The Labute approximate surface area is 88.2 Å². The number of imide groups is 1. The van der Waals surface area contributed by atoms with Crippen LogP contribution in [0.5, 0.6) is 0 Å². The van der Waals surface area contributed by atoms with Crippen molar-refractivity contribution in [3.63, 3.8) is 0 Å².